The van der Waals surface area contributed by atoms with E-state index in [9.17, 15) is 9.59 Å². The molecule has 2 N–H and O–H groups in total. The summed E-state index contributed by atoms with van der Waals surface area (Å²) in [6.07, 6.45) is 0. The van der Waals surface area contributed by atoms with Crippen LogP contribution in [0.4, 0.5) is 11.4 Å². The molecule has 9 heteroatoms. The molecule has 3 aromatic rings. The van der Waals surface area contributed by atoms with Gasteiger partial charge < -0.3 is 20.1 Å². The Hall–Kier alpha value is -2.87. The number of nitrogens with one attached hydrogen (secondary N) is 2. The molecule has 2 amide bonds. The molecule has 0 saturated carbocycles. The number of hydrogen-bond donors (Lipinski definition) is 2. The molecule has 166 valence electrons. The molecule has 0 aliphatic rings. The third-order valence-corrected chi connectivity index (χ3v) is 5.90. The van der Waals surface area contributed by atoms with Gasteiger partial charge in [0.2, 0.25) is 5.91 Å². The van der Waals surface area contributed by atoms with Crippen molar-refractivity contribution in [3.8, 4) is 11.5 Å². The van der Waals surface area contributed by atoms with Crippen molar-refractivity contribution >= 4 is 58.2 Å². The second-order valence-electron chi connectivity index (χ2n) is 6.51. The fourth-order valence-corrected chi connectivity index (χ4v) is 3.94. The first kappa shape index (κ1) is 23.8. The van der Waals surface area contributed by atoms with Crippen LogP contribution in [-0.4, -0.2) is 31.8 Å². The van der Waals surface area contributed by atoms with Crippen molar-refractivity contribution in [3.63, 3.8) is 0 Å². The highest BCUT2D eigenvalue weighted by Gasteiger charge is 2.12. The molecule has 0 atom stereocenters. The minimum Gasteiger partial charge on any atom is -0.497 e. The lowest BCUT2D eigenvalue weighted by Crippen LogP contribution is -2.14. The predicted molar refractivity (Wildman–Crippen MR) is 130 cm³/mol. The predicted octanol–water partition coefficient (Wildman–Crippen LogP) is 5.99. The Labute approximate surface area is 200 Å². The molecular weight excluding hydrogens is 471 g/mol. The van der Waals surface area contributed by atoms with Gasteiger partial charge in [0.1, 0.15) is 11.5 Å². The maximum atomic E-state index is 12.4. The zero-order valence-corrected chi connectivity index (χ0v) is 19.6. The van der Waals surface area contributed by atoms with Crippen LogP contribution in [-0.2, 0) is 4.79 Å². The third kappa shape index (κ3) is 6.32. The van der Waals surface area contributed by atoms with Gasteiger partial charge in [-0.25, -0.2) is 0 Å². The summed E-state index contributed by atoms with van der Waals surface area (Å²) in [6, 6.07) is 17.0. The summed E-state index contributed by atoms with van der Waals surface area (Å²) >= 11 is 13.3. The molecule has 6 nitrogen and oxygen atoms in total. The molecule has 3 aromatic carbocycles. The highest BCUT2D eigenvalue weighted by atomic mass is 35.5. The van der Waals surface area contributed by atoms with E-state index in [2.05, 4.69) is 10.6 Å². The van der Waals surface area contributed by atoms with Crippen LogP contribution < -0.4 is 20.1 Å². The number of ether oxygens (including phenoxy) is 2. The first-order valence-corrected chi connectivity index (χ1v) is 11.1. The molecule has 32 heavy (non-hydrogen) atoms. The monoisotopic (exact) mass is 490 g/mol. The van der Waals surface area contributed by atoms with E-state index in [0.717, 1.165) is 4.90 Å². The summed E-state index contributed by atoms with van der Waals surface area (Å²) in [5.41, 5.74) is 1.51. The SMILES string of the molecule is COc1ccc(NC(=O)CSc2ccc(NC(=O)c3ccc(Cl)cc3Cl)cc2)c(OC)c1. The number of anilines is 2. The van der Waals surface area contributed by atoms with Gasteiger partial charge in [-0.2, -0.15) is 0 Å². The third-order valence-electron chi connectivity index (χ3n) is 4.34. The maximum absolute atomic E-state index is 12.4. The van der Waals surface area contributed by atoms with Gasteiger partial charge in [-0.3, -0.25) is 9.59 Å². The minimum atomic E-state index is -0.333. The quantitative estimate of drug-likeness (QED) is 0.379. The second-order valence-corrected chi connectivity index (χ2v) is 8.40. The van der Waals surface area contributed by atoms with Crippen molar-refractivity contribution in [2.24, 2.45) is 0 Å². The van der Waals surface area contributed by atoms with Crippen LogP contribution >= 0.6 is 35.0 Å². The normalized spacial score (nSPS) is 10.4. The first-order valence-electron chi connectivity index (χ1n) is 9.40. The molecule has 0 spiro atoms. The van der Waals surface area contributed by atoms with Crippen LogP contribution in [0.2, 0.25) is 10.0 Å². The lowest BCUT2D eigenvalue weighted by Gasteiger charge is -2.11. The number of amides is 2. The van der Waals surface area contributed by atoms with E-state index in [1.165, 1.54) is 24.9 Å². The van der Waals surface area contributed by atoms with E-state index >= 15 is 0 Å². The Morgan fingerprint density at radius 2 is 1.66 bits per heavy atom. The van der Waals surface area contributed by atoms with Crippen molar-refractivity contribution in [3.05, 3.63) is 76.3 Å². The van der Waals surface area contributed by atoms with Gasteiger partial charge >= 0.3 is 0 Å². The maximum Gasteiger partial charge on any atom is 0.257 e. The number of thioether (sulfide) groups is 1. The van der Waals surface area contributed by atoms with Gasteiger partial charge in [0.25, 0.3) is 5.91 Å². The van der Waals surface area contributed by atoms with Crippen LogP contribution in [0, 0.1) is 0 Å². The Kier molecular flexibility index (Phi) is 8.27. The van der Waals surface area contributed by atoms with E-state index in [-0.39, 0.29) is 22.6 Å². The molecule has 0 heterocycles. The van der Waals surface area contributed by atoms with Crippen LogP contribution in [0.15, 0.2) is 65.6 Å². The summed E-state index contributed by atoms with van der Waals surface area (Å²) in [5, 5.41) is 6.35. The van der Waals surface area contributed by atoms with Gasteiger partial charge in [0.05, 0.1) is 36.2 Å². The summed E-state index contributed by atoms with van der Waals surface area (Å²) in [5.74, 6) is 0.859. The summed E-state index contributed by atoms with van der Waals surface area (Å²) in [4.78, 5) is 25.6. The summed E-state index contributed by atoms with van der Waals surface area (Å²) in [7, 11) is 3.09. The minimum absolute atomic E-state index is 0.173. The number of halogens is 2. The van der Waals surface area contributed by atoms with E-state index < -0.39 is 0 Å². The summed E-state index contributed by atoms with van der Waals surface area (Å²) in [6.45, 7) is 0. The average molecular weight is 491 g/mol. The molecule has 0 radical (unpaired) electrons. The van der Waals surface area contributed by atoms with E-state index in [4.69, 9.17) is 32.7 Å². The number of benzene rings is 3. The van der Waals surface area contributed by atoms with Crippen LogP contribution in [0.3, 0.4) is 0 Å². The van der Waals surface area contributed by atoms with Crippen molar-refractivity contribution in [2.75, 3.05) is 30.6 Å². The first-order chi connectivity index (χ1) is 15.4. The molecule has 0 aliphatic carbocycles. The standard InChI is InChI=1S/C23H20Cl2N2O4S/c1-30-16-6-10-20(21(12-16)31-2)27-22(28)13-32-17-7-4-15(5-8-17)26-23(29)18-9-3-14(24)11-19(18)25/h3-12H,13H2,1-2H3,(H,26,29)(H,27,28). The molecule has 0 unspecified atom stereocenters. The van der Waals surface area contributed by atoms with E-state index in [0.29, 0.717) is 33.5 Å². The lowest BCUT2D eigenvalue weighted by molar-refractivity contribution is -0.113. The highest BCUT2D eigenvalue weighted by Crippen LogP contribution is 2.29. The van der Waals surface area contributed by atoms with Gasteiger partial charge in [-0.1, -0.05) is 23.2 Å². The number of rotatable bonds is 8. The fraction of sp³-hybridized carbons (Fsp3) is 0.130. The smallest absolute Gasteiger partial charge is 0.257 e. The van der Waals surface area contributed by atoms with Gasteiger partial charge in [-0.15, -0.1) is 11.8 Å². The number of methoxy groups -OCH3 is 2. The molecule has 0 bridgehead atoms. The Bertz CT molecular complexity index is 1120. The lowest BCUT2D eigenvalue weighted by atomic mass is 10.2. The summed E-state index contributed by atoms with van der Waals surface area (Å²) < 4.78 is 10.4. The zero-order chi connectivity index (χ0) is 23.1. The largest absolute Gasteiger partial charge is 0.497 e. The van der Waals surface area contributed by atoms with Crippen LogP contribution in [0.1, 0.15) is 10.4 Å². The second kappa shape index (κ2) is 11.1. The molecular formula is C23H20Cl2N2O4S. The number of carbonyl (C=O) groups is 2. The topological polar surface area (TPSA) is 76.7 Å². The Balaban J connectivity index is 1.54. The molecule has 3 rings (SSSR count). The fourth-order valence-electron chi connectivity index (χ4n) is 2.74. The van der Waals surface area contributed by atoms with Gasteiger partial charge in [0.15, 0.2) is 0 Å². The molecule has 0 saturated heterocycles. The van der Waals surface area contributed by atoms with Gasteiger partial charge in [0, 0.05) is 21.7 Å². The highest BCUT2D eigenvalue weighted by molar-refractivity contribution is 8.00. The zero-order valence-electron chi connectivity index (χ0n) is 17.3. The van der Waals surface area contributed by atoms with Crippen molar-refractivity contribution < 1.29 is 19.1 Å². The average Bonchev–Trinajstić information content (AvgIpc) is 2.78. The molecule has 0 aliphatic heterocycles. The van der Waals surface area contributed by atoms with Crippen molar-refractivity contribution in [1.29, 1.82) is 0 Å². The van der Waals surface area contributed by atoms with E-state index in [1.54, 1.807) is 49.6 Å². The van der Waals surface area contributed by atoms with E-state index in [1.807, 2.05) is 12.1 Å². The van der Waals surface area contributed by atoms with Gasteiger partial charge in [-0.05, 0) is 54.6 Å². The number of carbonyl (C=O) groups excluding carboxylic acids is 2. The van der Waals surface area contributed by atoms with Crippen LogP contribution in [0.5, 0.6) is 11.5 Å². The Morgan fingerprint density at radius 3 is 2.31 bits per heavy atom. The molecule has 0 aromatic heterocycles. The van der Waals surface area contributed by atoms with Crippen LogP contribution in [0.25, 0.3) is 0 Å². The Morgan fingerprint density at radius 1 is 0.906 bits per heavy atom. The van der Waals surface area contributed by atoms with Crippen molar-refractivity contribution in [2.45, 2.75) is 4.90 Å². The molecule has 0 fully saturated rings. The number of hydrogen-bond acceptors (Lipinski definition) is 5. The van der Waals surface area contributed by atoms with Crippen molar-refractivity contribution in [1.82, 2.24) is 0 Å².